The summed E-state index contributed by atoms with van der Waals surface area (Å²) in [5, 5.41) is 0. The summed E-state index contributed by atoms with van der Waals surface area (Å²) in [6, 6.07) is 6.64. The molecule has 1 aliphatic heterocycles. The summed E-state index contributed by atoms with van der Waals surface area (Å²) in [5.74, 6) is 1.22. The summed E-state index contributed by atoms with van der Waals surface area (Å²) in [7, 11) is 2.20. The highest BCUT2D eigenvalue weighted by molar-refractivity contribution is 5.89. The highest BCUT2D eigenvalue weighted by Gasteiger charge is 2.19. The highest BCUT2D eigenvalue weighted by Crippen LogP contribution is 2.28. The fourth-order valence-corrected chi connectivity index (χ4v) is 3.23. The van der Waals surface area contributed by atoms with Crippen LogP contribution in [0.25, 0.3) is 11.0 Å². The van der Waals surface area contributed by atoms with E-state index in [1.54, 1.807) is 0 Å². The summed E-state index contributed by atoms with van der Waals surface area (Å²) >= 11 is 0. The molecule has 2 aromatic rings. The molecule has 1 aromatic carbocycles. The van der Waals surface area contributed by atoms with Crippen LogP contribution in [-0.4, -0.2) is 47.7 Å². The fourth-order valence-electron chi connectivity index (χ4n) is 3.23. The SMILES string of the molecule is CCCn1c(CC)nc2c(N3CCN(C)CC3)cccc21. The van der Waals surface area contributed by atoms with E-state index >= 15 is 0 Å². The van der Waals surface area contributed by atoms with Crippen molar-refractivity contribution in [3.8, 4) is 0 Å². The molecule has 0 N–H and O–H groups in total. The highest BCUT2D eigenvalue weighted by atomic mass is 15.3. The Morgan fingerprint density at radius 3 is 2.52 bits per heavy atom. The van der Waals surface area contributed by atoms with E-state index in [1.165, 1.54) is 22.5 Å². The lowest BCUT2D eigenvalue weighted by Crippen LogP contribution is -2.44. The third-order valence-corrected chi connectivity index (χ3v) is 4.44. The number of nitrogens with zero attached hydrogens (tertiary/aromatic N) is 4. The van der Waals surface area contributed by atoms with Gasteiger partial charge in [0.1, 0.15) is 11.3 Å². The Morgan fingerprint density at radius 1 is 1.10 bits per heavy atom. The van der Waals surface area contributed by atoms with Gasteiger partial charge >= 0.3 is 0 Å². The molecule has 1 fully saturated rings. The van der Waals surface area contributed by atoms with Gasteiger partial charge in [-0.25, -0.2) is 4.98 Å². The van der Waals surface area contributed by atoms with Crippen molar-refractivity contribution < 1.29 is 0 Å². The third kappa shape index (κ3) is 2.64. The van der Waals surface area contributed by atoms with Crippen molar-refractivity contribution in [2.24, 2.45) is 0 Å². The van der Waals surface area contributed by atoms with Crippen molar-refractivity contribution in [3.05, 3.63) is 24.0 Å². The molecule has 3 rings (SSSR count). The van der Waals surface area contributed by atoms with Gasteiger partial charge in [-0.2, -0.15) is 0 Å². The first kappa shape index (κ1) is 14.4. The zero-order valence-corrected chi connectivity index (χ0v) is 13.5. The number of benzene rings is 1. The number of para-hydroxylation sites is 1. The van der Waals surface area contributed by atoms with Crippen LogP contribution in [0.3, 0.4) is 0 Å². The van der Waals surface area contributed by atoms with Crippen LogP contribution in [-0.2, 0) is 13.0 Å². The number of hydrogen-bond acceptors (Lipinski definition) is 3. The maximum Gasteiger partial charge on any atom is 0.112 e. The Kier molecular flexibility index (Phi) is 4.15. The molecule has 0 spiro atoms. The first-order valence-electron chi connectivity index (χ1n) is 8.16. The van der Waals surface area contributed by atoms with Gasteiger partial charge in [0.05, 0.1) is 11.2 Å². The van der Waals surface area contributed by atoms with Crippen molar-refractivity contribution in [1.29, 1.82) is 0 Å². The Hall–Kier alpha value is -1.55. The number of aromatic nitrogens is 2. The summed E-state index contributed by atoms with van der Waals surface area (Å²) in [5.41, 5.74) is 3.79. The normalized spacial score (nSPS) is 16.8. The van der Waals surface area contributed by atoms with Crippen molar-refractivity contribution in [3.63, 3.8) is 0 Å². The zero-order valence-electron chi connectivity index (χ0n) is 13.5. The van der Waals surface area contributed by atoms with E-state index in [1.807, 2.05) is 0 Å². The van der Waals surface area contributed by atoms with E-state index in [0.29, 0.717) is 0 Å². The minimum Gasteiger partial charge on any atom is -0.367 e. The molecule has 1 aliphatic rings. The minimum atomic E-state index is 0.997. The van der Waals surface area contributed by atoms with Crippen LogP contribution >= 0.6 is 0 Å². The van der Waals surface area contributed by atoms with Gasteiger partial charge < -0.3 is 14.4 Å². The first-order valence-corrected chi connectivity index (χ1v) is 8.16. The molecule has 21 heavy (non-hydrogen) atoms. The van der Waals surface area contributed by atoms with Crippen molar-refractivity contribution in [2.75, 3.05) is 38.1 Å². The number of aryl methyl sites for hydroxylation is 2. The van der Waals surface area contributed by atoms with Gasteiger partial charge in [0, 0.05) is 39.1 Å². The summed E-state index contributed by atoms with van der Waals surface area (Å²) in [6.07, 6.45) is 2.15. The summed E-state index contributed by atoms with van der Waals surface area (Å²) in [4.78, 5) is 9.84. The lowest BCUT2D eigenvalue weighted by molar-refractivity contribution is 0.313. The molecule has 0 radical (unpaired) electrons. The number of piperazine rings is 1. The van der Waals surface area contributed by atoms with E-state index < -0.39 is 0 Å². The maximum absolute atomic E-state index is 4.95. The molecule has 2 heterocycles. The van der Waals surface area contributed by atoms with Crippen molar-refractivity contribution >= 4 is 16.7 Å². The molecule has 114 valence electrons. The van der Waals surface area contributed by atoms with E-state index in [2.05, 4.69) is 53.5 Å². The molecule has 0 bridgehead atoms. The van der Waals surface area contributed by atoms with Crippen LogP contribution in [0.4, 0.5) is 5.69 Å². The molecule has 4 heteroatoms. The van der Waals surface area contributed by atoms with Crippen LogP contribution < -0.4 is 4.90 Å². The van der Waals surface area contributed by atoms with Gasteiger partial charge in [0.2, 0.25) is 0 Å². The molecule has 0 amide bonds. The average Bonchev–Trinajstić information content (AvgIpc) is 2.87. The summed E-state index contributed by atoms with van der Waals surface area (Å²) in [6.45, 7) is 9.94. The van der Waals surface area contributed by atoms with Gasteiger partial charge in [-0.15, -0.1) is 0 Å². The monoisotopic (exact) mass is 286 g/mol. The van der Waals surface area contributed by atoms with Crippen LogP contribution in [0.5, 0.6) is 0 Å². The quantitative estimate of drug-likeness (QED) is 0.864. The Morgan fingerprint density at radius 2 is 1.86 bits per heavy atom. The number of hydrogen-bond donors (Lipinski definition) is 0. The van der Waals surface area contributed by atoms with E-state index in [-0.39, 0.29) is 0 Å². The standard InChI is InChI=1S/C17H26N4/c1-4-9-21-15-8-6-7-14(17(15)18-16(21)5-2)20-12-10-19(3)11-13-20/h6-8H,4-5,9-13H2,1-3H3. The van der Waals surface area contributed by atoms with Gasteiger partial charge in [-0.05, 0) is 25.6 Å². The Balaban J connectivity index is 2.03. The molecule has 0 saturated carbocycles. The number of imidazole rings is 1. The van der Waals surface area contributed by atoms with Crippen LogP contribution in [0.15, 0.2) is 18.2 Å². The molecule has 0 unspecified atom stereocenters. The van der Waals surface area contributed by atoms with E-state index in [4.69, 9.17) is 4.98 Å². The maximum atomic E-state index is 4.95. The zero-order chi connectivity index (χ0) is 14.8. The van der Waals surface area contributed by atoms with Crippen LogP contribution in [0, 0.1) is 0 Å². The molecule has 0 aliphatic carbocycles. The number of fused-ring (bicyclic) bond motifs is 1. The van der Waals surface area contributed by atoms with Gasteiger partial charge in [0.25, 0.3) is 0 Å². The van der Waals surface area contributed by atoms with Crippen molar-refractivity contribution in [1.82, 2.24) is 14.5 Å². The second-order valence-corrected chi connectivity index (χ2v) is 5.97. The van der Waals surface area contributed by atoms with Gasteiger partial charge in [-0.1, -0.05) is 19.9 Å². The van der Waals surface area contributed by atoms with Crippen LogP contribution in [0.2, 0.25) is 0 Å². The first-order chi connectivity index (χ1) is 10.2. The minimum absolute atomic E-state index is 0.997. The molecular weight excluding hydrogens is 260 g/mol. The van der Waals surface area contributed by atoms with Crippen LogP contribution in [0.1, 0.15) is 26.1 Å². The fraction of sp³-hybridized carbons (Fsp3) is 0.588. The largest absolute Gasteiger partial charge is 0.367 e. The predicted molar refractivity (Wildman–Crippen MR) is 89.1 cm³/mol. The molecule has 0 atom stereocenters. The topological polar surface area (TPSA) is 24.3 Å². The number of rotatable bonds is 4. The molecule has 1 saturated heterocycles. The molecule has 4 nitrogen and oxygen atoms in total. The third-order valence-electron chi connectivity index (χ3n) is 4.44. The van der Waals surface area contributed by atoms with E-state index in [0.717, 1.165) is 45.6 Å². The average molecular weight is 286 g/mol. The Bertz CT molecular complexity index is 609. The molecule has 1 aromatic heterocycles. The second-order valence-electron chi connectivity index (χ2n) is 5.97. The molecular formula is C17H26N4. The smallest absolute Gasteiger partial charge is 0.112 e. The Labute approximate surface area is 127 Å². The number of likely N-dealkylation sites (N-methyl/N-ethyl adjacent to an activating group) is 1. The lowest BCUT2D eigenvalue weighted by Gasteiger charge is -2.34. The second kappa shape index (κ2) is 6.06. The van der Waals surface area contributed by atoms with Gasteiger partial charge in [0.15, 0.2) is 0 Å². The predicted octanol–water partition coefficient (Wildman–Crippen LogP) is 2.76. The van der Waals surface area contributed by atoms with Crippen molar-refractivity contribution in [2.45, 2.75) is 33.2 Å². The number of anilines is 1. The lowest BCUT2D eigenvalue weighted by atomic mass is 10.2. The van der Waals surface area contributed by atoms with Gasteiger partial charge in [-0.3, -0.25) is 0 Å². The van der Waals surface area contributed by atoms with E-state index in [9.17, 15) is 0 Å². The summed E-state index contributed by atoms with van der Waals surface area (Å²) < 4.78 is 2.40.